The van der Waals surface area contributed by atoms with Gasteiger partial charge in [0, 0.05) is 25.2 Å². The number of hydrogen-bond acceptors (Lipinski definition) is 6. The Morgan fingerprint density at radius 2 is 2.24 bits per heavy atom. The summed E-state index contributed by atoms with van der Waals surface area (Å²) >= 11 is 7.07. The summed E-state index contributed by atoms with van der Waals surface area (Å²) in [5.74, 6) is 0.119. The zero-order valence-corrected chi connectivity index (χ0v) is 17.2. The van der Waals surface area contributed by atoms with Crippen molar-refractivity contribution in [1.82, 2.24) is 15.3 Å². The predicted molar refractivity (Wildman–Crippen MR) is 113 cm³/mol. The highest BCUT2D eigenvalue weighted by molar-refractivity contribution is 7.22. The fraction of sp³-hybridized carbons (Fsp3) is 0.316. The molecule has 0 aliphatic carbocycles. The van der Waals surface area contributed by atoms with E-state index in [0.29, 0.717) is 38.6 Å². The van der Waals surface area contributed by atoms with E-state index in [-0.39, 0.29) is 12.1 Å². The molecular formula is C19H19ClFN5O2S. The van der Waals surface area contributed by atoms with Crippen molar-refractivity contribution in [3.63, 3.8) is 0 Å². The Bertz CT molecular complexity index is 1040. The van der Waals surface area contributed by atoms with Gasteiger partial charge in [0.15, 0.2) is 5.13 Å². The fourth-order valence-electron chi connectivity index (χ4n) is 3.08. The van der Waals surface area contributed by atoms with E-state index in [2.05, 4.69) is 20.6 Å². The van der Waals surface area contributed by atoms with Crippen molar-refractivity contribution in [1.29, 1.82) is 0 Å². The van der Waals surface area contributed by atoms with Gasteiger partial charge in [-0.1, -0.05) is 22.9 Å². The topological polar surface area (TPSA) is 79.4 Å². The second kappa shape index (κ2) is 8.48. The number of pyridine rings is 1. The number of amides is 2. The Balaban J connectivity index is 1.46. The van der Waals surface area contributed by atoms with Crippen LogP contribution in [0.25, 0.3) is 10.3 Å². The summed E-state index contributed by atoms with van der Waals surface area (Å²) in [6.45, 7) is 1.21. The highest BCUT2D eigenvalue weighted by Crippen LogP contribution is 2.30. The lowest BCUT2D eigenvalue weighted by Gasteiger charge is -2.18. The zero-order valence-electron chi connectivity index (χ0n) is 15.6. The van der Waals surface area contributed by atoms with Crippen molar-refractivity contribution in [2.45, 2.75) is 18.9 Å². The predicted octanol–water partition coefficient (Wildman–Crippen LogP) is 4.55. The summed E-state index contributed by atoms with van der Waals surface area (Å²) in [5, 5.41) is 6.29. The van der Waals surface area contributed by atoms with Gasteiger partial charge in [-0.3, -0.25) is 5.32 Å². The molecule has 1 aliphatic heterocycles. The summed E-state index contributed by atoms with van der Waals surface area (Å²) in [6, 6.07) is 7.68. The van der Waals surface area contributed by atoms with E-state index in [1.165, 1.54) is 17.4 Å². The Kier molecular flexibility index (Phi) is 5.79. The third-order valence-electron chi connectivity index (χ3n) is 4.59. The first-order valence-corrected chi connectivity index (χ1v) is 10.3. The summed E-state index contributed by atoms with van der Waals surface area (Å²) in [6.07, 6.45) is 2.05. The third kappa shape index (κ3) is 4.58. The molecule has 0 bridgehead atoms. The van der Waals surface area contributed by atoms with E-state index in [4.69, 9.17) is 16.3 Å². The van der Waals surface area contributed by atoms with E-state index in [0.717, 1.165) is 19.4 Å². The number of carbonyl (C=O) groups excluding carboxylic acids is 1. The minimum Gasteiger partial charge on any atom is -0.376 e. The van der Waals surface area contributed by atoms with Crippen molar-refractivity contribution in [3.05, 3.63) is 41.2 Å². The van der Waals surface area contributed by atoms with Crippen LogP contribution in [0.1, 0.15) is 12.8 Å². The van der Waals surface area contributed by atoms with Gasteiger partial charge in [-0.15, -0.1) is 0 Å². The Labute approximate surface area is 175 Å². The van der Waals surface area contributed by atoms with E-state index in [9.17, 15) is 9.18 Å². The standard InChI is InChI=1S/C19H19ClFN5O2S/c1-26(15-6-4-11(20)9-13(15)21)16-7-5-14-17(24-16)29-19(23-14)25-18(27)22-10-12-3-2-8-28-12/h4-7,9,12H,2-3,8,10H2,1H3,(H2,22,23,25,27). The number of hydrogen-bond donors (Lipinski definition) is 2. The smallest absolute Gasteiger partial charge is 0.321 e. The molecule has 1 saturated heterocycles. The van der Waals surface area contributed by atoms with Crippen LogP contribution < -0.4 is 15.5 Å². The first kappa shape index (κ1) is 19.8. The summed E-state index contributed by atoms with van der Waals surface area (Å²) in [5.41, 5.74) is 1.01. The number of carbonyl (C=O) groups is 1. The maximum absolute atomic E-state index is 14.2. The highest BCUT2D eigenvalue weighted by Gasteiger charge is 2.17. The molecule has 1 atom stereocenters. The van der Waals surface area contributed by atoms with Crippen molar-refractivity contribution < 1.29 is 13.9 Å². The molecule has 1 fully saturated rings. The third-order valence-corrected chi connectivity index (χ3v) is 5.71. The molecule has 2 aromatic heterocycles. The first-order valence-electron chi connectivity index (χ1n) is 9.12. The van der Waals surface area contributed by atoms with E-state index < -0.39 is 5.82 Å². The van der Waals surface area contributed by atoms with Crippen LogP contribution in [0.2, 0.25) is 5.02 Å². The largest absolute Gasteiger partial charge is 0.376 e. The van der Waals surface area contributed by atoms with Gasteiger partial charge in [0.1, 0.15) is 22.0 Å². The lowest BCUT2D eigenvalue weighted by atomic mass is 10.2. The van der Waals surface area contributed by atoms with Crippen LogP contribution in [0.3, 0.4) is 0 Å². The number of fused-ring (bicyclic) bond motifs is 1. The Morgan fingerprint density at radius 1 is 1.38 bits per heavy atom. The molecule has 152 valence electrons. The van der Waals surface area contributed by atoms with Gasteiger partial charge >= 0.3 is 6.03 Å². The monoisotopic (exact) mass is 435 g/mol. The minimum absolute atomic E-state index is 0.0733. The Morgan fingerprint density at radius 3 is 3.00 bits per heavy atom. The second-order valence-corrected chi connectivity index (χ2v) is 8.05. The fourth-order valence-corrected chi connectivity index (χ4v) is 4.06. The number of urea groups is 1. The molecule has 3 aromatic rings. The highest BCUT2D eigenvalue weighted by atomic mass is 35.5. The lowest BCUT2D eigenvalue weighted by molar-refractivity contribution is 0.112. The minimum atomic E-state index is -0.434. The number of rotatable bonds is 5. The molecule has 10 heteroatoms. The molecule has 1 aromatic carbocycles. The van der Waals surface area contributed by atoms with Crippen LogP contribution in [0, 0.1) is 5.82 Å². The van der Waals surface area contributed by atoms with Crippen LogP contribution in [-0.4, -0.2) is 42.3 Å². The van der Waals surface area contributed by atoms with E-state index in [1.807, 2.05) is 0 Å². The molecular weight excluding hydrogens is 417 g/mol. The van der Waals surface area contributed by atoms with Gasteiger partial charge in [-0.05, 0) is 43.2 Å². The van der Waals surface area contributed by atoms with Crippen molar-refractivity contribution in [2.75, 3.05) is 30.4 Å². The number of aromatic nitrogens is 2. The molecule has 2 amide bonds. The first-order chi connectivity index (χ1) is 14.0. The van der Waals surface area contributed by atoms with Crippen LogP contribution >= 0.6 is 22.9 Å². The molecule has 3 heterocycles. The number of halogens is 2. The summed E-state index contributed by atoms with van der Waals surface area (Å²) in [7, 11) is 1.72. The maximum Gasteiger partial charge on any atom is 0.321 e. The normalized spacial score (nSPS) is 16.2. The number of nitrogens with zero attached hydrogens (tertiary/aromatic N) is 3. The molecule has 2 N–H and O–H groups in total. The van der Waals surface area contributed by atoms with Gasteiger partial charge < -0.3 is 15.0 Å². The number of anilines is 3. The van der Waals surface area contributed by atoms with E-state index >= 15 is 0 Å². The van der Waals surface area contributed by atoms with Gasteiger partial charge in [-0.25, -0.2) is 19.2 Å². The average Bonchev–Trinajstić information content (AvgIpc) is 3.34. The molecule has 7 nitrogen and oxygen atoms in total. The molecule has 0 saturated carbocycles. The van der Waals surface area contributed by atoms with Crippen molar-refractivity contribution in [2.24, 2.45) is 0 Å². The van der Waals surface area contributed by atoms with Crippen LogP contribution in [0.4, 0.5) is 25.8 Å². The summed E-state index contributed by atoms with van der Waals surface area (Å²) in [4.78, 5) is 23.3. The van der Waals surface area contributed by atoms with Crippen LogP contribution in [-0.2, 0) is 4.74 Å². The van der Waals surface area contributed by atoms with Gasteiger partial charge in [-0.2, -0.15) is 0 Å². The van der Waals surface area contributed by atoms with Gasteiger partial charge in [0.2, 0.25) is 0 Å². The molecule has 0 spiro atoms. The molecule has 4 rings (SSSR count). The quantitative estimate of drug-likeness (QED) is 0.614. The number of thiazole rings is 1. The van der Waals surface area contributed by atoms with Crippen molar-refractivity contribution >= 4 is 56.0 Å². The second-order valence-electron chi connectivity index (χ2n) is 6.64. The number of benzene rings is 1. The molecule has 29 heavy (non-hydrogen) atoms. The van der Waals surface area contributed by atoms with Gasteiger partial charge in [0.05, 0.1) is 11.8 Å². The summed E-state index contributed by atoms with van der Waals surface area (Å²) < 4.78 is 19.7. The zero-order chi connectivity index (χ0) is 20.4. The van der Waals surface area contributed by atoms with E-state index in [1.54, 1.807) is 36.2 Å². The Hall–Kier alpha value is -2.49. The maximum atomic E-state index is 14.2. The van der Waals surface area contributed by atoms with Gasteiger partial charge in [0.25, 0.3) is 0 Å². The molecule has 1 unspecified atom stereocenters. The average molecular weight is 436 g/mol. The molecule has 0 radical (unpaired) electrons. The molecule has 1 aliphatic rings. The number of ether oxygens (including phenoxy) is 1. The lowest BCUT2D eigenvalue weighted by Crippen LogP contribution is -2.34. The van der Waals surface area contributed by atoms with Crippen LogP contribution in [0.15, 0.2) is 30.3 Å². The van der Waals surface area contributed by atoms with Crippen LogP contribution in [0.5, 0.6) is 0 Å². The number of nitrogens with one attached hydrogen (secondary N) is 2. The SMILES string of the molecule is CN(c1ccc2nc(NC(=O)NCC3CCCO3)sc2n1)c1ccc(Cl)cc1F. The van der Waals surface area contributed by atoms with Crippen molar-refractivity contribution in [3.8, 4) is 0 Å².